The van der Waals surface area contributed by atoms with E-state index in [2.05, 4.69) is 15.0 Å². The van der Waals surface area contributed by atoms with Gasteiger partial charge in [0.05, 0.1) is 17.0 Å². The van der Waals surface area contributed by atoms with Crippen molar-refractivity contribution in [3.05, 3.63) is 71.4 Å². The van der Waals surface area contributed by atoms with Crippen LogP contribution in [0.2, 0.25) is 0 Å². The Labute approximate surface area is 194 Å². The summed E-state index contributed by atoms with van der Waals surface area (Å²) < 4.78 is 25.1. The van der Waals surface area contributed by atoms with Crippen LogP contribution in [0.5, 0.6) is 0 Å². The average Bonchev–Trinajstić information content (AvgIpc) is 3.60. The fourth-order valence-corrected chi connectivity index (χ4v) is 4.53. The third kappa shape index (κ3) is 5.04. The number of aromatic nitrogens is 2. The molecule has 0 aliphatic carbocycles. The number of piperazine rings is 1. The van der Waals surface area contributed by atoms with Gasteiger partial charge in [0, 0.05) is 39.0 Å². The highest BCUT2D eigenvalue weighted by atomic mass is 32.1. The molecule has 0 unspecified atom stereocenters. The van der Waals surface area contributed by atoms with Crippen LogP contribution < -0.4 is 0 Å². The quantitative estimate of drug-likeness (QED) is 0.400. The van der Waals surface area contributed by atoms with E-state index in [0.29, 0.717) is 61.3 Å². The monoisotopic (exact) mass is 466 g/mol. The van der Waals surface area contributed by atoms with Crippen molar-refractivity contribution in [2.75, 3.05) is 26.2 Å². The largest absolute Gasteiger partial charge is 0.461 e. The van der Waals surface area contributed by atoms with Gasteiger partial charge in [-0.05, 0) is 35.7 Å². The van der Waals surface area contributed by atoms with Crippen LogP contribution >= 0.6 is 11.3 Å². The Balaban J connectivity index is 1.09. The number of halogens is 1. The fourth-order valence-electron chi connectivity index (χ4n) is 3.88. The molecule has 33 heavy (non-hydrogen) atoms. The summed E-state index contributed by atoms with van der Waals surface area (Å²) in [5.74, 6) is 2.13. The van der Waals surface area contributed by atoms with Gasteiger partial charge < -0.3 is 13.8 Å². The van der Waals surface area contributed by atoms with Gasteiger partial charge in [-0.15, -0.1) is 11.3 Å². The summed E-state index contributed by atoms with van der Waals surface area (Å²) in [6, 6.07) is 14.0. The minimum atomic E-state index is -0.323. The summed E-state index contributed by atoms with van der Waals surface area (Å²) in [6.07, 6.45) is 0.846. The van der Waals surface area contributed by atoms with Crippen LogP contribution in [0.3, 0.4) is 0 Å². The molecule has 0 atom stereocenters. The first kappa shape index (κ1) is 21.5. The van der Waals surface area contributed by atoms with Gasteiger partial charge in [0.2, 0.25) is 17.6 Å². The van der Waals surface area contributed by atoms with E-state index in [-0.39, 0.29) is 11.7 Å². The summed E-state index contributed by atoms with van der Waals surface area (Å²) >= 11 is 1.58. The van der Waals surface area contributed by atoms with E-state index in [1.54, 1.807) is 35.6 Å². The molecular formula is C24H23FN4O3S. The number of rotatable bonds is 7. The Morgan fingerprint density at radius 1 is 1.06 bits per heavy atom. The molecule has 7 nitrogen and oxygen atoms in total. The van der Waals surface area contributed by atoms with Crippen molar-refractivity contribution in [2.24, 2.45) is 0 Å². The first-order chi connectivity index (χ1) is 16.2. The number of hydrogen-bond acceptors (Lipinski definition) is 7. The second-order valence-electron chi connectivity index (χ2n) is 7.89. The lowest BCUT2D eigenvalue weighted by Gasteiger charge is -2.34. The fraction of sp³-hybridized carbons (Fsp3) is 0.292. The van der Waals surface area contributed by atoms with E-state index in [1.807, 2.05) is 28.5 Å². The topological polar surface area (TPSA) is 75.6 Å². The summed E-state index contributed by atoms with van der Waals surface area (Å²) in [6.45, 7) is 3.39. The predicted molar refractivity (Wildman–Crippen MR) is 122 cm³/mol. The zero-order valence-corrected chi connectivity index (χ0v) is 18.8. The Morgan fingerprint density at radius 3 is 2.70 bits per heavy atom. The molecule has 170 valence electrons. The number of thiophene rings is 1. The van der Waals surface area contributed by atoms with E-state index in [9.17, 15) is 9.18 Å². The van der Waals surface area contributed by atoms with Crippen molar-refractivity contribution < 1.29 is 18.1 Å². The van der Waals surface area contributed by atoms with Crippen LogP contribution in [0.1, 0.15) is 18.1 Å². The highest BCUT2D eigenvalue weighted by molar-refractivity contribution is 7.13. The molecule has 5 rings (SSSR count). The molecule has 4 aromatic rings. The second kappa shape index (κ2) is 9.68. The molecule has 0 bridgehead atoms. The Kier molecular flexibility index (Phi) is 6.32. The number of aryl methyl sites for hydroxylation is 1. The van der Waals surface area contributed by atoms with Gasteiger partial charge in [0.1, 0.15) is 17.3 Å². The molecular weight excluding hydrogens is 443 g/mol. The molecule has 1 aliphatic heterocycles. The van der Waals surface area contributed by atoms with Crippen molar-refractivity contribution in [2.45, 2.75) is 19.4 Å². The highest BCUT2D eigenvalue weighted by Crippen LogP contribution is 2.25. The zero-order chi connectivity index (χ0) is 22.6. The van der Waals surface area contributed by atoms with E-state index in [4.69, 9.17) is 8.94 Å². The molecule has 1 aromatic carbocycles. The van der Waals surface area contributed by atoms with Gasteiger partial charge in [0.15, 0.2) is 0 Å². The van der Waals surface area contributed by atoms with E-state index in [0.717, 1.165) is 18.0 Å². The molecule has 3 aromatic heterocycles. The van der Waals surface area contributed by atoms with Crippen LogP contribution in [0.4, 0.5) is 4.39 Å². The van der Waals surface area contributed by atoms with Crippen molar-refractivity contribution in [1.29, 1.82) is 0 Å². The number of amides is 1. The van der Waals surface area contributed by atoms with Crippen LogP contribution in [0, 0.1) is 5.82 Å². The van der Waals surface area contributed by atoms with Crippen molar-refractivity contribution in [1.82, 2.24) is 19.9 Å². The van der Waals surface area contributed by atoms with Gasteiger partial charge in [-0.1, -0.05) is 23.4 Å². The number of furan rings is 1. The van der Waals surface area contributed by atoms with Crippen molar-refractivity contribution >= 4 is 17.2 Å². The third-order valence-corrected chi connectivity index (χ3v) is 6.55. The molecule has 1 aliphatic rings. The minimum Gasteiger partial charge on any atom is -0.461 e. The maximum atomic E-state index is 13.9. The van der Waals surface area contributed by atoms with E-state index < -0.39 is 0 Å². The first-order valence-corrected chi connectivity index (χ1v) is 11.7. The predicted octanol–water partition coefficient (Wildman–Crippen LogP) is 4.47. The minimum absolute atomic E-state index is 0.0938. The van der Waals surface area contributed by atoms with E-state index in [1.165, 1.54) is 6.07 Å². The standard InChI is InChI=1S/C24H23FN4O3S/c25-19-5-2-1-4-18(19)20-9-7-17(31-20)8-10-23(30)29-13-11-28(12-14-29)16-22-26-24(27-32-22)21-6-3-15-33-21/h1-7,9,15H,8,10-14,16H2. The smallest absolute Gasteiger partial charge is 0.241 e. The summed E-state index contributed by atoms with van der Waals surface area (Å²) in [5.41, 5.74) is 0.426. The van der Waals surface area contributed by atoms with Gasteiger partial charge in [0.25, 0.3) is 0 Å². The number of carbonyl (C=O) groups excluding carboxylic acids is 1. The lowest BCUT2D eigenvalue weighted by Crippen LogP contribution is -2.48. The summed E-state index contributed by atoms with van der Waals surface area (Å²) in [4.78, 5) is 22.2. The van der Waals surface area contributed by atoms with E-state index >= 15 is 0 Å². The molecule has 0 radical (unpaired) electrons. The normalized spacial score (nSPS) is 14.6. The molecule has 1 amide bonds. The highest BCUT2D eigenvalue weighted by Gasteiger charge is 2.23. The zero-order valence-electron chi connectivity index (χ0n) is 17.9. The maximum Gasteiger partial charge on any atom is 0.241 e. The Morgan fingerprint density at radius 2 is 1.91 bits per heavy atom. The van der Waals surface area contributed by atoms with Crippen LogP contribution in [0.15, 0.2) is 62.9 Å². The number of benzene rings is 1. The van der Waals surface area contributed by atoms with Crippen LogP contribution in [-0.2, 0) is 17.8 Å². The van der Waals surface area contributed by atoms with Crippen molar-refractivity contribution in [3.8, 4) is 22.0 Å². The molecule has 9 heteroatoms. The molecule has 1 saturated heterocycles. The Bertz CT molecular complexity index is 1210. The molecule has 0 saturated carbocycles. The summed E-state index contributed by atoms with van der Waals surface area (Å²) in [7, 11) is 0. The molecule has 0 N–H and O–H groups in total. The van der Waals surface area contributed by atoms with Gasteiger partial charge in [-0.25, -0.2) is 4.39 Å². The third-order valence-electron chi connectivity index (χ3n) is 5.68. The second-order valence-corrected chi connectivity index (χ2v) is 8.84. The van der Waals surface area contributed by atoms with Gasteiger partial charge in [-0.3, -0.25) is 9.69 Å². The van der Waals surface area contributed by atoms with Crippen molar-refractivity contribution in [3.63, 3.8) is 0 Å². The number of hydrogen-bond donors (Lipinski definition) is 0. The molecule has 4 heterocycles. The lowest BCUT2D eigenvalue weighted by molar-refractivity contribution is -0.133. The van der Waals surface area contributed by atoms with Gasteiger partial charge >= 0.3 is 0 Å². The van der Waals surface area contributed by atoms with Gasteiger partial charge in [-0.2, -0.15) is 4.98 Å². The lowest BCUT2D eigenvalue weighted by atomic mass is 10.1. The molecule has 0 spiro atoms. The Hall–Kier alpha value is -3.30. The van der Waals surface area contributed by atoms with Crippen LogP contribution in [-0.4, -0.2) is 52.0 Å². The number of carbonyl (C=O) groups is 1. The molecule has 1 fully saturated rings. The SMILES string of the molecule is O=C(CCc1ccc(-c2ccccc2F)o1)N1CCN(Cc2nc(-c3cccs3)no2)CC1. The average molecular weight is 467 g/mol. The number of nitrogens with zero attached hydrogens (tertiary/aromatic N) is 4. The van der Waals surface area contributed by atoms with Crippen LogP contribution in [0.25, 0.3) is 22.0 Å². The first-order valence-electron chi connectivity index (χ1n) is 10.9. The summed E-state index contributed by atoms with van der Waals surface area (Å²) in [5, 5.41) is 6.03. The maximum absolute atomic E-state index is 13.9.